The summed E-state index contributed by atoms with van der Waals surface area (Å²) >= 11 is 0. The second-order valence-corrected chi connectivity index (χ2v) is 3.67. The fraction of sp³-hybridized carbons (Fsp3) is 0.273. The zero-order valence-electron chi connectivity index (χ0n) is 8.40. The molecule has 3 rings (SSSR count). The average Bonchev–Trinajstić information content (AvgIpc) is 2.88. The lowest BCUT2D eigenvalue weighted by molar-refractivity contribution is 0.170. The maximum Gasteiger partial charge on any atom is 0.144 e. The molecule has 0 saturated carbocycles. The number of pyridine rings is 1. The van der Waals surface area contributed by atoms with E-state index in [4.69, 9.17) is 4.74 Å². The van der Waals surface area contributed by atoms with Crippen molar-refractivity contribution in [2.45, 2.75) is 19.4 Å². The lowest BCUT2D eigenvalue weighted by Gasteiger charge is -2.10. The van der Waals surface area contributed by atoms with Gasteiger partial charge in [0.2, 0.25) is 0 Å². The van der Waals surface area contributed by atoms with E-state index in [9.17, 15) is 0 Å². The minimum Gasteiger partial charge on any atom is -0.492 e. The molecule has 2 aromatic rings. The smallest absolute Gasteiger partial charge is 0.144 e. The number of aryl methyl sites for hydroxylation is 1. The Labute approximate surface area is 87.0 Å². The standard InChI is InChI=1S/C11H11N3O/c1-7-10-8(14-13-7)4-5-12-11(10)9-3-2-6-15-9/h2,4-6,9H,3H2,1H3,(H,13,14). The number of hydrogen-bond donors (Lipinski definition) is 1. The number of aromatic nitrogens is 3. The summed E-state index contributed by atoms with van der Waals surface area (Å²) in [5, 5.41) is 8.27. The molecular formula is C11H11N3O. The number of aromatic amines is 1. The highest BCUT2D eigenvalue weighted by molar-refractivity contribution is 5.83. The number of hydrogen-bond acceptors (Lipinski definition) is 3. The molecule has 76 valence electrons. The van der Waals surface area contributed by atoms with E-state index >= 15 is 0 Å². The first kappa shape index (κ1) is 8.47. The van der Waals surface area contributed by atoms with Crippen molar-refractivity contribution >= 4 is 10.9 Å². The van der Waals surface area contributed by atoms with Crippen molar-refractivity contribution in [3.63, 3.8) is 0 Å². The third-order valence-electron chi connectivity index (χ3n) is 2.67. The van der Waals surface area contributed by atoms with Crippen molar-refractivity contribution in [1.29, 1.82) is 0 Å². The maximum absolute atomic E-state index is 5.49. The van der Waals surface area contributed by atoms with Gasteiger partial charge in [-0.15, -0.1) is 0 Å². The van der Waals surface area contributed by atoms with Crippen LogP contribution in [0.3, 0.4) is 0 Å². The highest BCUT2D eigenvalue weighted by Crippen LogP contribution is 2.31. The van der Waals surface area contributed by atoms with Gasteiger partial charge in [-0.3, -0.25) is 10.1 Å². The molecule has 0 amide bonds. The fourth-order valence-corrected chi connectivity index (χ4v) is 1.95. The maximum atomic E-state index is 5.49. The minimum atomic E-state index is 0.0463. The van der Waals surface area contributed by atoms with Gasteiger partial charge in [-0.25, -0.2) is 0 Å². The molecule has 0 aromatic carbocycles. The van der Waals surface area contributed by atoms with Crippen LogP contribution in [-0.2, 0) is 4.74 Å². The Morgan fingerprint density at radius 2 is 2.47 bits per heavy atom. The van der Waals surface area contributed by atoms with Crippen LogP contribution in [0.5, 0.6) is 0 Å². The van der Waals surface area contributed by atoms with Crippen molar-refractivity contribution in [2.75, 3.05) is 0 Å². The van der Waals surface area contributed by atoms with E-state index in [1.807, 2.05) is 19.1 Å². The van der Waals surface area contributed by atoms with Crippen LogP contribution in [0, 0.1) is 6.92 Å². The van der Waals surface area contributed by atoms with E-state index in [0.29, 0.717) is 0 Å². The highest BCUT2D eigenvalue weighted by Gasteiger charge is 2.20. The SMILES string of the molecule is Cc1[nH]nc2ccnc(C3CC=CO3)c12. The zero-order chi connectivity index (χ0) is 10.3. The zero-order valence-corrected chi connectivity index (χ0v) is 8.40. The van der Waals surface area contributed by atoms with Gasteiger partial charge in [0.25, 0.3) is 0 Å². The molecule has 0 radical (unpaired) electrons. The third-order valence-corrected chi connectivity index (χ3v) is 2.67. The van der Waals surface area contributed by atoms with Gasteiger partial charge in [0.15, 0.2) is 0 Å². The molecule has 1 atom stereocenters. The summed E-state index contributed by atoms with van der Waals surface area (Å²) in [6.45, 7) is 2.00. The fourth-order valence-electron chi connectivity index (χ4n) is 1.95. The van der Waals surface area contributed by atoms with E-state index in [1.54, 1.807) is 12.5 Å². The van der Waals surface area contributed by atoms with Gasteiger partial charge in [0.05, 0.1) is 17.5 Å². The lowest BCUT2D eigenvalue weighted by Crippen LogP contribution is -1.99. The molecule has 1 aliphatic rings. The van der Waals surface area contributed by atoms with E-state index < -0.39 is 0 Å². The molecule has 2 aromatic heterocycles. The van der Waals surface area contributed by atoms with Gasteiger partial charge in [-0.2, -0.15) is 5.10 Å². The second-order valence-electron chi connectivity index (χ2n) is 3.67. The van der Waals surface area contributed by atoms with Crippen LogP contribution in [0.4, 0.5) is 0 Å². The summed E-state index contributed by atoms with van der Waals surface area (Å²) in [5.41, 5.74) is 2.97. The molecule has 0 aliphatic carbocycles. The first-order valence-corrected chi connectivity index (χ1v) is 4.96. The number of rotatable bonds is 1. The number of nitrogens with zero attached hydrogens (tertiary/aromatic N) is 2. The van der Waals surface area contributed by atoms with Gasteiger partial charge >= 0.3 is 0 Å². The van der Waals surface area contributed by atoms with Crippen LogP contribution < -0.4 is 0 Å². The molecule has 4 heteroatoms. The van der Waals surface area contributed by atoms with Crippen LogP contribution in [0.15, 0.2) is 24.6 Å². The summed E-state index contributed by atoms with van der Waals surface area (Å²) < 4.78 is 5.49. The van der Waals surface area contributed by atoms with E-state index in [-0.39, 0.29) is 6.10 Å². The quantitative estimate of drug-likeness (QED) is 0.769. The van der Waals surface area contributed by atoms with Crippen molar-refractivity contribution in [1.82, 2.24) is 15.2 Å². The molecule has 1 unspecified atom stereocenters. The normalized spacial score (nSPS) is 19.7. The van der Waals surface area contributed by atoms with E-state index in [0.717, 1.165) is 28.7 Å². The summed E-state index contributed by atoms with van der Waals surface area (Å²) in [6, 6.07) is 1.91. The van der Waals surface area contributed by atoms with E-state index in [2.05, 4.69) is 15.2 Å². The van der Waals surface area contributed by atoms with Crippen molar-refractivity contribution in [3.8, 4) is 0 Å². The molecule has 0 saturated heterocycles. The van der Waals surface area contributed by atoms with Crippen molar-refractivity contribution < 1.29 is 4.74 Å². The van der Waals surface area contributed by atoms with Crippen LogP contribution in [0.1, 0.15) is 23.9 Å². The number of fused-ring (bicyclic) bond motifs is 1. The molecule has 1 aliphatic heterocycles. The highest BCUT2D eigenvalue weighted by atomic mass is 16.5. The molecule has 15 heavy (non-hydrogen) atoms. The first-order valence-electron chi connectivity index (χ1n) is 4.96. The second kappa shape index (κ2) is 3.08. The van der Waals surface area contributed by atoms with Gasteiger partial charge in [0.1, 0.15) is 6.10 Å². The molecule has 4 nitrogen and oxygen atoms in total. The van der Waals surface area contributed by atoms with Crippen molar-refractivity contribution in [3.05, 3.63) is 36.0 Å². The number of ether oxygens (including phenoxy) is 1. The minimum absolute atomic E-state index is 0.0463. The molecular weight excluding hydrogens is 190 g/mol. The largest absolute Gasteiger partial charge is 0.492 e. The van der Waals surface area contributed by atoms with Gasteiger partial charge < -0.3 is 4.74 Å². The average molecular weight is 201 g/mol. The van der Waals surface area contributed by atoms with Gasteiger partial charge in [-0.05, 0) is 19.1 Å². The molecule has 3 heterocycles. The van der Waals surface area contributed by atoms with Crippen LogP contribution in [-0.4, -0.2) is 15.2 Å². The number of H-pyrrole nitrogens is 1. The lowest BCUT2D eigenvalue weighted by atomic mass is 10.1. The van der Waals surface area contributed by atoms with Gasteiger partial charge in [-0.1, -0.05) is 0 Å². The summed E-state index contributed by atoms with van der Waals surface area (Å²) in [6.07, 6.45) is 6.46. The topological polar surface area (TPSA) is 50.8 Å². The Hall–Kier alpha value is -1.84. The van der Waals surface area contributed by atoms with Crippen LogP contribution >= 0.6 is 0 Å². The van der Waals surface area contributed by atoms with Crippen molar-refractivity contribution in [2.24, 2.45) is 0 Å². The van der Waals surface area contributed by atoms with Crippen LogP contribution in [0.25, 0.3) is 10.9 Å². The summed E-state index contributed by atoms with van der Waals surface area (Å²) in [4.78, 5) is 4.40. The monoisotopic (exact) mass is 201 g/mol. The Bertz CT molecular complexity index is 522. The Morgan fingerprint density at radius 3 is 3.27 bits per heavy atom. The Morgan fingerprint density at radius 1 is 1.53 bits per heavy atom. The molecule has 0 bridgehead atoms. The van der Waals surface area contributed by atoms with Crippen LogP contribution in [0.2, 0.25) is 0 Å². The molecule has 0 fully saturated rings. The van der Waals surface area contributed by atoms with E-state index in [1.165, 1.54) is 0 Å². The number of nitrogens with one attached hydrogen (secondary N) is 1. The summed E-state index contributed by atoms with van der Waals surface area (Å²) in [7, 11) is 0. The molecule has 1 N–H and O–H groups in total. The first-order chi connectivity index (χ1) is 7.36. The summed E-state index contributed by atoms with van der Waals surface area (Å²) in [5.74, 6) is 0. The predicted molar refractivity (Wildman–Crippen MR) is 56.2 cm³/mol. The van der Waals surface area contributed by atoms with Gasteiger partial charge in [0, 0.05) is 23.7 Å². The third kappa shape index (κ3) is 1.21. The Balaban J connectivity index is 2.20. The molecule has 0 spiro atoms. The Kier molecular flexibility index (Phi) is 1.74. The predicted octanol–water partition coefficient (Wildman–Crippen LogP) is 2.24.